The second kappa shape index (κ2) is 7.93. The van der Waals surface area contributed by atoms with Crippen LogP contribution in [-0.2, 0) is 4.79 Å². The van der Waals surface area contributed by atoms with Crippen LogP contribution in [0, 0.1) is 10.1 Å². The lowest BCUT2D eigenvalue weighted by atomic mass is 10.0. The van der Waals surface area contributed by atoms with Crippen molar-refractivity contribution in [3.63, 3.8) is 0 Å². The van der Waals surface area contributed by atoms with Crippen molar-refractivity contribution >= 4 is 35.0 Å². The van der Waals surface area contributed by atoms with Gasteiger partial charge in [-0.1, -0.05) is 31.5 Å². The number of aromatic hydroxyl groups is 1. The number of carboxylic acid groups (broad SMARTS) is 1. The van der Waals surface area contributed by atoms with Gasteiger partial charge in [0.15, 0.2) is 0 Å². The van der Waals surface area contributed by atoms with Crippen LogP contribution in [0.5, 0.6) is 5.75 Å². The predicted octanol–water partition coefficient (Wildman–Crippen LogP) is 3.58. The van der Waals surface area contributed by atoms with E-state index >= 15 is 0 Å². The van der Waals surface area contributed by atoms with Crippen molar-refractivity contribution in [1.82, 2.24) is 0 Å². The van der Waals surface area contributed by atoms with E-state index in [-0.39, 0.29) is 22.4 Å². The molecular weight excluding hydrogens is 378 g/mol. The van der Waals surface area contributed by atoms with Crippen LogP contribution in [0.2, 0.25) is 0 Å². The molecule has 0 saturated carbocycles. The van der Waals surface area contributed by atoms with Crippen molar-refractivity contribution in [1.29, 1.82) is 0 Å². The molecule has 0 spiro atoms. The fourth-order valence-electron chi connectivity index (χ4n) is 2.94. The lowest BCUT2D eigenvalue weighted by Crippen LogP contribution is -2.21. The summed E-state index contributed by atoms with van der Waals surface area (Å²) < 4.78 is 0. The molecule has 0 unspecified atom stereocenters. The minimum Gasteiger partial charge on any atom is -0.502 e. The average Bonchev–Trinajstić information content (AvgIpc) is 2.99. The minimum atomic E-state index is -1.13. The molecule has 1 amide bonds. The Morgan fingerprint density at radius 2 is 2.00 bits per heavy atom. The van der Waals surface area contributed by atoms with Gasteiger partial charge in [0.25, 0.3) is 5.91 Å². The van der Waals surface area contributed by atoms with Gasteiger partial charge < -0.3 is 10.2 Å². The van der Waals surface area contributed by atoms with Crippen LogP contribution in [0.1, 0.15) is 35.7 Å². The number of aromatic carboxylic acids is 1. The molecule has 1 aliphatic heterocycles. The number of hydrogen-bond acceptors (Lipinski definition) is 6. The van der Waals surface area contributed by atoms with Crippen LogP contribution in [0.4, 0.5) is 11.4 Å². The van der Waals surface area contributed by atoms with Gasteiger partial charge in [0.05, 0.1) is 27.5 Å². The third-order valence-electron chi connectivity index (χ3n) is 4.32. The van der Waals surface area contributed by atoms with E-state index in [1.807, 2.05) is 6.92 Å². The van der Waals surface area contributed by atoms with E-state index in [1.165, 1.54) is 42.5 Å². The Hall–Kier alpha value is -4.01. The summed E-state index contributed by atoms with van der Waals surface area (Å²) in [7, 11) is 0. The molecule has 0 atom stereocenters. The maximum atomic E-state index is 13.0. The fourth-order valence-corrected chi connectivity index (χ4v) is 2.94. The van der Waals surface area contributed by atoms with Gasteiger partial charge in [0.1, 0.15) is 0 Å². The first-order chi connectivity index (χ1) is 13.8. The zero-order chi connectivity index (χ0) is 21.1. The molecule has 1 heterocycles. The van der Waals surface area contributed by atoms with Crippen LogP contribution in [0.15, 0.2) is 53.1 Å². The highest BCUT2D eigenvalue weighted by atomic mass is 16.6. The molecule has 2 aromatic carbocycles. The molecule has 9 heteroatoms. The normalized spacial score (nSPS) is 14.9. The molecule has 0 aliphatic carbocycles. The van der Waals surface area contributed by atoms with Crippen molar-refractivity contribution in [2.24, 2.45) is 5.10 Å². The van der Waals surface area contributed by atoms with Gasteiger partial charge in [-0.15, -0.1) is 0 Å². The summed E-state index contributed by atoms with van der Waals surface area (Å²) in [5.41, 5.74) is 0.580. The molecule has 0 fully saturated rings. The Morgan fingerprint density at radius 1 is 1.28 bits per heavy atom. The van der Waals surface area contributed by atoms with E-state index in [4.69, 9.17) is 5.11 Å². The van der Waals surface area contributed by atoms with Crippen molar-refractivity contribution < 1.29 is 24.7 Å². The molecule has 2 aromatic rings. The molecule has 0 aromatic heterocycles. The monoisotopic (exact) mass is 395 g/mol. The van der Waals surface area contributed by atoms with Crippen LogP contribution in [-0.4, -0.2) is 32.7 Å². The summed E-state index contributed by atoms with van der Waals surface area (Å²) in [5, 5.41) is 35.8. The molecule has 29 heavy (non-hydrogen) atoms. The second-order valence-corrected chi connectivity index (χ2v) is 6.30. The second-order valence-electron chi connectivity index (χ2n) is 6.30. The summed E-state index contributed by atoms with van der Waals surface area (Å²) in [5.74, 6) is -2.18. The highest BCUT2D eigenvalue weighted by molar-refractivity contribution is 6.32. The summed E-state index contributed by atoms with van der Waals surface area (Å²) in [6.07, 6.45) is 2.51. The molecule has 1 aliphatic rings. The Bertz CT molecular complexity index is 1070. The highest BCUT2D eigenvalue weighted by Gasteiger charge is 2.31. The standard InChI is InChI=1S/C20H17N3O6/c1-2-5-16-15(11-12-6-4-9-17(18(12)24)23(28)29)19(25)22(21-16)14-8-3-7-13(10-14)20(26)27/h3-4,6-11,24H,2,5H2,1H3,(H,26,27). The van der Waals surface area contributed by atoms with Crippen molar-refractivity contribution in [2.45, 2.75) is 19.8 Å². The fraction of sp³-hybridized carbons (Fsp3) is 0.150. The van der Waals surface area contributed by atoms with Crippen LogP contribution in [0.25, 0.3) is 6.08 Å². The molecular formula is C20H17N3O6. The Morgan fingerprint density at radius 3 is 2.66 bits per heavy atom. The maximum absolute atomic E-state index is 13.0. The van der Waals surface area contributed by atoms with E-state index in [9.17, 15) is 24.8 Å². The number of phenols is 1. The smallest absolute Gasteiger partial charge is 0.335 e. The summed E-state index contributed by atoms with van der Waals surface area (Å²) >= 11 is 0. The molecule has 3 rings (SSSR count). The van der Waals surface area contributed by atoms with Gasteiger partial charge >= 0.3 is 11.7 Å². The Balaban J connectivity index is 2.06. The zero-order valence-corrected chi connectivity index (χ0v) is 15.4. The van der Waals surface area contributed by atoms with Crippen LogP contribution in [0.3, 0.4) is 0 Å². The number of para-hydroxylation sites is 1. The largest absolute Gasteiger partial charge is 0.502 e. The third kappa shape index (κ3) is 3.84. The number of amides is 1. The first kappa shape index (κ1) is 19.7. The Labute approximate surface area is 165 Å². The molecule has 2 N–H and O–H groups in total. The SMILES string of the molecule is CCCC1=NN(c2cccc(C(=O)O)c2)C(=O)C1=Cc1cccc([N+](=O)[O-])c1O. The van der Waals surface area contributed by atoms with Gasteiger partial charge in [-0.05, 0) is 30.7 Å². The number of phenolic OH excluding ortho intramolecular Hbond substituents is 1. The maximum Gasteiger partial charge on any atom is 0.335 e. The van der Waals surface area contributed by atoms with Crippen molar-refractivity contribution in [3.05, 3.63) is 69.3 Å². The van der Waals surface area contributed by atoms with Crippen LogP contribution >= 0.6 is 0 Å². The number of benzene rings is 2. The number of hydrazone groups is 1. The van der Waals surface area contributed by atoms with E-state index in [1.54, 1.807) is 6.07 Å². The van der Waals surface area contributed by atoms with Crippen LogP contribution < -0.4 is 5.01 Å². The highest BCUT2D eigenvalue weighted by Crippen LogP contribution is 2.33. The zero-order valence-electron chi connectivity index (χ0n) is 15.4. The quantitative estimate of drug-likeness (QED) is 0.436. The minimum absolute atomic E-state index is 0.0105. The average molecular weight is 395 g/mol. The van der Waals surface area contributed by atoms with E-state index < -0.39 is 28.2 Å². The van der Waals surface area contributed by atoms with Gasteiger partial charge in [0, 0.05) is 11.6 Å². The number of hydrogen-bond donors (Lipinski definition) is 2. The number of anilines is 1. The van der Waals surface area contributed by atoms with E-state index in [0.29, 0.717) is 18.6 Å². The number of carboxylic acids is 1. The molecule has 148 valence electrons. The lowest BCUT2D eigenvalue weighted by molar-refractivity contribution is -0.385. The van der Waals surface area contributed by atoms with E-state index in [0.717, 1.165) is 5.01 Å². The first-order valence-electron chi connectivity index (χ1n) is 8.77. The van der Waals surface area contributed by atoms with Gasteiger partial charge in [-0.25, -0.2) is 4.79 Å². The number of carbonyl (C=O) groups is 2. The third-order valence-corrected chi connectivity index (χ3v) is 4.32. The van der Waals surface area contributed by atoms with Crippen molar-refractivity contribution in [2.75, 3.05) is 5.01 Å². The number of carbonyl (C=O) groups excluding carboxylic acids is 1. The van der Waals surface area contributed by atoms with Gasteiger partial charge in [0.2, 0.25) is 5.75 Å². The molecule has 0 bridgehead atoms. The summed E-state index contributed by atoms with van der Waals surface area (Å²) in [4.78, 5) is 34.5. The molecule has 9 nitrogen and oxygen atoms in total. The number of nitro groups is 1. The molecule has 0 saturated heterocycles. The van der Waals surface area contributed by atoms with Gasteiger partial charge in [-0.2, -0.15) is 10.1 Å². The molecule has 0 radical (unpaired) electrons. The predicted molar refractivity (Wildman–Crippen MR) is 106 cm³/mol. The summed E-state index contributed by atoms with van der Waals surface area (Å²) in [6, 6.07) is 9.84. The van der Waals surface area contributed by atoms with E-state index in [2.05, 4.69) is 5.10 Å². The van der Waals surface area contributed by atoms with Gasteiger partial charge in [-0.3, -0.25) is 14.9 Å². The first-order valence-corrected chi connectivity index (χ1v) is 8.77. The van der Waals surface area contributed by atoms with Crippen molar-refractivity contribution in [3.8, 4) is 5.75 Å². The lowest BCUT2D eigenvalue weighted by Gasteiger charge is -2.12. The number of nitro benzene ring substituents is 1. The number of rotatable bonds is 6. The number of nitrogens with zero attached hydrogens (tertiary/aromatic N) is 3. The topological polar surface area (TPSA) is 133 Å². The summed E-state index contributed by atoms with van der Waals surface area (Å²) in [6.45, 7) is 1.91. The Kier molecular flexibility index (Phi) is 5.40.